The Hall–Kier alpha value is -3.53. The highest BCUT2D eigenvalue weighted by molar-refractivity contribution is 7.92. The van der Waals surface area contributed by atoms with Gasteiger partial charge in [-0.25, -0.2) is 13.1 Å². The summed E-state index contributed by atoms with van der Waals surface area (Å²) in [6, 6.07) is 12.8. The molecule has 0 spiro atoms. The Morgan fingerprint density at radius 2 is 1.77 bits per heavy atom. The lowest BCUT2D eigenvalue weighted by molar-refractivity contribution is 0.0960. The van der Waals surface area contributed by atoms with Gasteiger partial charge in [0.2, 0.25) is 0 Å². The molecule has 0 aliphatic rings. The maximum absolute atomic E-state index is 13.0. The highest BCUT2D eigenvalue weighted by Gasteiger charge is 2.24. The van der Waals surface area contributed by atoms with Crippen molar-refractivity contribution in [2.45, 2.75) is 11.8 Å². The molecule has 2 N–H and O–H groups in total. The normalized spacial score (nSPS) is 11.2. The fraction of sp³-hybridized carbons (Fsp3) is 0.200. The zero-order chi connectivity index (χ0) is 22.1. The Morgan fingerprint density at radius 1 is 1.10 bits per heavy atom. The number of para-hydroxylation sites is 1. The van der Waals surface area contributed by atoms with Crippen LogP contribution >= 0.6 is 0 Å². The summed E-state index contributed by atoms with van der Waals surface area (Å²) in [4.78, 5) is 24.9. The fourth-order valence-corrected chi connectivity index (χ4v) is 4.19. The number of nitrogens with zero attached hydrogens (tertiary/aromatic N) is 2. The molecule has 9 nitrogen and oxygen atoms in total. The fourth-order valence-electron chi connectivity index (χ4n) is 3.05. The summed E-state index contributed by atoms with van der Waals surface area (Å²) in [5.74, 6) is -0.262. The molecule has 0 bridgehead atoms. The molecule has 1 amide bonds. The number of benzene rings is 2. The molecule has 158 valence electrons. The molecular weight excluding hydrogens is 408 g/mol. The van der Waals surface area contributed by atoms with Crippen molar-refractivity contribution in [2.24, 2.45) is 7.05 Å². The average molecular weight is 430 g/mol. The Kier molecular flexibility index (Phi) is 5.70. The van der Waals surface area contributed by atoms with E-state index in [4.69, 9.17) is 4.74 Å². The van der Waals surface area contributed by atoms with Crippen molar-refractivity contribution in [3.05, 3.63) is 70.1 Å². The molecule has 1 heterocycles. The van der Waals surface area contributed by atoms with E-state index in [0.717, 1.165) is 0 Å². The molecule has 0 aliphatic heterocycles. The second-order valence-electron chi connectivity index (χ2n) is 6.48. The van der Waals surface area contributed by atoms with Gasteiger partial charge in [-0.05, 0) is 37.3 Å². The van der Waals surface area contributed by atoms with E-state index < -0.39 is 21.5 Å². The van der Waals surface area contributed by atoms with E-state index in [9.17, 15) is 18.0 Å². The van der Waals surface area contributed by atoms with Crippen molar-refractivity contribution in [3.63, 3.8) is 0 Å². The SMILES string of the molecule is CNC(=O)c1cc(S(=O)(=O)Nc2c(C)n(C)n(-c3ccccc3)c2=O)ccc1OC. The number of aromatic nitrogens is 2. The molecule has 0 fully saturated rings. The topological polar surface area (TPSA) is 111 Å². The van der Waals surface area contributed by atoms with Crippen LogP contribution in [0.15, 0.2) is 58.2 Å². The summed E-state index contributed by atoms with van der Waals surface area (Å²) in [6.07, 6.45) is 0. The van der Waals surface area contributed by atoms with Crippen molar-refractivity contribution in [1.29, 1.82) is 0 Å². The molecule has 0 atom stereocenters. The molecule has 0 radical (unpaired) electrons. The largest absolute Gasteiger partial charge is 0.496 e. The van der Waals surface area contributed by atoms with Crippen molar-refractivity contribution >= 4 is 21.6 Å². The van der Waals surface area contributed by atoms with E-state index >= 15 is 0 Å². The summed E-state index contributed by atoms with van der Waals surface area (Å²) in [5, 5.41) is 2.44. The number of anilines is 1. The van der Waals surface area contributed by atoms with E-state index in [-0.39, 0.29) is 21.9 Å². The molecular formula is C20H22N4O5S. The van der Waals surface area contributed by atoms with Crippen molar-refractivity contribution < 1.29 is 17.9 Å². The van der Waals surface area contributed by atoms with Gasteiger partial charge in [0.15, 0.2) is 0 Å². The lowest BCUT2D eigenvalue weighted by Gasteiger charge is -2.11. The van der Waals surface area contributed by atoms with Gasteiger partial charge >= 0.3 is 0 Å². The quantitative estimate of drug-likeness (QED) is 0.618. The molecule has 3 rings (SSSR count). The zero-order valence-electron chi connectivity index (χ0n) is 17.0. The third-order valence-corrected chi connectivity index (χ3v) is 6.09. The lowest BCUT2D eigenvalue weighted by atomic mass is 10.2. The van der Waals surface area contributed by atoms with Gasteiger partial charge in [-0.3, -0.25) is 19.0 Å². The van der Waals surface area contributed by atoms with Crippen molar-refractivity contribution in [1.82, 2.24) is 14.7 Å². The first-order chi connectivity index (χ1) is 14.2. The average Bonchev–Trinajstić information content (AvgIpc) is 2.96. The van der Waals surface area contributed by atoms with Gasteiger partial charge < -0.3 is 10.1 Å². The first-order valence-corrected chi connectivity index (χ1v) is 10.5. The monoisotopic (exact) mass is 430 g/mol. The number of methoxy groups -OCH3 is 1. The zero-order valence-corrected chi connectivity index (χ0v) is 17.8. The molecule has 2 aromatic carbocycles. The van der Waals surface area contributed by atoms with E-state index in [2.05, 4.69) is 10.0 Å². The van der Waals surface area contributed by atoms with Crippen LogP contribution in [-0.4, -0.2) is 37.8 Å². The number of carbonyl (C=O) groups excluding carboxylic acids is 1. The summed E-state index contributed by atoms with van der Waals surface area (Å²) >= 11 is 0. The van der Waals surface area contributed by atoms with E-state index in [0.29, 0.717) is 11.4 Å². The number of carbonyl (C=O) groups is 1. The van der Waals surface area contributed by atoms with Crippen molar-refractivity contribution in [3.8, 4) is 11.4 Å². The molecule has 0 saturated carbocycles. The summed E-state index contributed by atoms with van der Waals surface area (Å²) in [6.45, 7) is 1.64. The Bertz CT molecular complexity index is 1260. The summed E-state index contributed by atoms with van der Waals surface area (Å²) in [5.41, 5.74) is 0.523. The molecule has 3 aromatic rings. The highest BCUT2D eigenvalue weighted by Crippen LogP contribution is 2.24. The molecule has 30 heavy (non-hydrogen) atoms. The smallest absolute Gasteiger partial charge is 0.296 e. The maximum atomic E-state index is 13.0. The number of nitrogens with one attached hydrogen (secondary N) is 2. The van der Waals surface area contributed by atoms with Gasteiger partial charge in [-0.1, -0.05) is 18.2 Å². The van der Waals surface area contributed by atoms with Crippen LogP contribution in [0, 0.1) is 6.92 Å². The third kappa shape index (κ3) is 3.69. The molecule has 10 heteroatoms. The second-order valence-corrected chi connectivity index (χ2v) is 8.17. The number of rotatable bonds is 6. The minimum atomic E-state index is -4.15. The number of hydrogen-bond acceptors (Lipinski definition) is 5. The van der Waals surface area contributed by atoms with Crippen LogP contribution in [0.1, 0.15) is 16.1 Å². The van der Waals surface area contributed by atoms with Gasteiger partial charge in [0, 0.05) is 14.1 Å². The van der Waals surface area contributed by atoms with Crippen LogP contribution in [0.4, 0.5) is 5.69 Å². The van der Waals surface area contributed by atoms with Crippen LogP contribution in [0.25, 0.3) is 5.69 Å². The number of sulfonamides is 1. The predicted molar refractivity (Wildman–Crippen MR) is 113 cm³/mol. The van der Waals surface area contributed by atoms with Gasteiger partial charge in [-0.2, -0.15) is 0 Å². The first-order valence-electron chi connectivity index (χ1n) is 8.98. The van der Waals surface area contributed by atoms with Crippen LogP contribution < -0.4 is 20.3 Å². The third-order valence-electron chi connectivity index (χ3n) is 4.74. The van der Waals surface area contributed by atoms with Gasteiger partial charge in [0.1, 0.15) is 11.4 Å². The summed E-state index contributed by atoms with van der Waals surface area (Å²) in [7, 11) is 0.334. The minimum Gasteiger partial charge on any atom is -0.496 e. The van der Waals surface area contributed by atoms with E-state index in [1.165, 1.54) is 37.0 Å². The maximum Gasteiger partial charge on any atom is 0.296 e. The van der Waals surface area contributed by atoms with Crippen LogP contribution in [0.5, 0.6) is 5.75 Å². The lowest BCUT2D eigenvalue weighted by Crippen LogP contribution is -2.23. The van der Waals surface area contributed by atoms with Gasteiger partial charge in [0.05, 0.1) is 29.0 Å². The van der Waals surface area contributed by atoms with E-state index in [1.807, 2.05) is 6.07 Å². The van der Waals surface area contributed by atoms with Crippen LogP contribution in [0.3, 0.4) is 0 Å². The molecule has 1 aromatic heterocycles. The number of ether oxygens (including phenoxy) is 1. The van der Waals surface area contributed by atoms with Crippen molar-refractivity contribution in [2.75, 3.05) is 18.9 Å². The van der Waals surface area contributed by atoms with Gasteiger partial charge in [-0.15, -0.1) is 0 Å². The highest BCUT2D eigenvalue weighted by atomic mass is 32.2. The van der Waals surface area contributed by atoms with Crippen LogP contribution in [-0.2, 0) is 17.1 Å². The first kappa shape index (κ1) is 21.2. The molecule has 0 unspecified atom stereocenters. The predicted octanol–water partition coefficient (Wildman–Crippen LogP) is 1.65. The number of hydrogen-bond donors (Lipinski definition) is 2. The van der Waals surface area contributed by atoms with Crippen LogP contribution in [0.2, 0.25) is 0 Å². The van der Waals surface area contributed by atoms with Gasteiger partial charge in [0.25, 0.3) is 21.5 Å². The molecule has 0 aliphatic carbocycles. The second kappa shape index (κ2) is 8.07. The number of amides is 1. The summed E-state index contributed by atoms with van der Waals surface area (Å²) < 4.78 is 36.4. The van der Waals surface area contributed by atoms with E-state index in [1.54, 1.807) is 42.9 Å². The molecule has 0 saturated heterocycles. The Morgan fingerprint density at radius 3 is 2.37 bits per heavy atom. The minimum absolute atomic E-state index is 0.0642. The Balaban J connectivity index is 2.07. The Labute approximate surface area is 173 Å². The standard InChI is InChI=1S/C20H22N4O5S/c1-13-18(20(26)24(23(13)3)14-8-6-5-7-9-14)22-30(27,28)15-10-11-17(29-4)16(12-15)19(25)21-2/h5-12,22H,1-4H3,(H,21,25).